The number of hydrogen-bond acceptors (Lipinski definition) is 4. The van der Waals surface area contributed by atoms with Gasteiger partial charge in [0.05, 0.1) is 6.20 Å². The van der Waals surface area contributed by atoms with Crippen molar-refractivity contribution in [3.05, 3.63) is 12.4 Å². The van der Waals surface area contributed by atoms with Crippen LogP contribution < -0.4 is 5.73 Å². The Morgan fingerprint density at radius 2 is 2.12 bits per heavy atom. The number of nitrogens with zero attached hydrogens (tertiary/aromatic N) is 2. The number of sulfone groups is 1. The summed E-state index contributed by atoms with van der Waals surface area (Å²) < 4.78 is 60.7. The lowest BCUT2D eigenvalue weighted by atomic mass is 10.2. The van der Waals surface area contributed by atoms with Crippen LogP contribution in [0.25, 0.3) is 0 Å². The van der Waals surface area contributed by atoms with Crippen molar-refractivity contribution in [1.29, 1.82) is 0 Å². The number of aromatic nitrogens is 2. The molecule has 5 nitrogen and oxygen atoms in total. The quantitative estimate of drug-likeness (QED) is 0.876. The Morgan fingerprint density at radius 1 is 1.53 bits per heavy atom. The molecular weight excluding hydrogens is 259 g/mol. The van der Waals surface area contributed by atoms with Gasteiger partial charge in [-0.1, -0.05) is 0 Å². The zero-order valence-corrected chi connectivity index (χ0v) is 9.79. The van der Waals surface area contributed by atoms with Gasteiger partial charge in [0.15, 0.2) is 9.84 Å². The fourth-order valence-corrected chi connectivity index (χ4v) is 1.82. The minimum atomic E-state index is -4.51. The van der Waals surface area contributed by atoms with Crippen LogP contribution in [-0.2, 0) is 9.84 Å². The second-order valence-corrected chi connectivity index (χ2v) is 5.58. The molecule has 1 atom stereocenters. The van der Waals surface area contributed by atoms with Crippen LogP contribution in [0.5, 0.6) is 0 Å². The van der Waals surface area contributed by atoms with Crippen LogP contribution in [0.2, 0.25) is 0 Å². The smallest absolute Gasteiger partial charge is 0.330 e. The second kappa shape index (κ2) is 4.65. The van der Waals surface area contributed by atoms with E-state index in [4.69, 9.17) is 5.73 Å². The Hall–Kier alpha value is -1.09. The molecule has 0 spiro atoms. The average Bonchev–Trinajstić information content (AvgIpc) is 2.59. The van der Waals surface area contributed by atoms with Crippen LogP contribution in [0.1, 0.15) is 12.5 Å². The summed E-state index contributed by atoms with van der Waals surface area (Å²) in [5, 5.41) is 3.43. The van der Waals surface area contributed by atoms with Gasteiger partial charge < -0.3 is 5.73 Å². The van der Waals surface area contributed by atoms with Crippen molar-refractivity contribution in [1.82, 2.24) is 9.78 Å². The molecule has 1 heterocycles. The first-order chi connectivity index (χ1) is 7.66. The standard InChI is InChI=1S/C8H12F3N3O2S/c1-17(15,16)6-4-13-14(5-6)7(2-3-12)8(9,10)11/h4-5,7H,2-3,12H2,1H3. The van der Waals surface area contributed by atoms with Gasteiger partial charge in [0.1, 0.15) is 10.9 Å². The van der Waals surface area contributed by atoms with E-state index in [0.29, 0.717) is 4.68 Å². The topological polar surface area (TPSA) is 78.0 Å². The molecule has 1 unspecified atom stereocenters. The Balaban J connectivity index is 3.09. The van der Waals surface area contributed by atoms with Gasteiger partial charge in [-0.15, -0.1) is 0 Å². The van der Waals surface area contributed by atoms with Crippen molar-refractivity contribution in [2.75, 3.05) is 12.8 Å². The predicted molar refractivity (Wildman–Crippen MR) is 54.1 cm³/mol. The molecule has 0 fully saturated rings. The van der Waals surface area contributed by atoms with Gasteiger partial charge in [-0.2, -0.15) is 18.3 Å². The lowest BCUT2D eigenvalue weighted by molar-refractivity contribution is -0.171. The molecule has 0 aliphatic rings. The summed E-state index contributed by atoms with van der Waals surface area (Å²) >= 11 is 0. The summed E-state index contributed by atoms with van der Waals surface area (Å²) in [6, 6.07) is -1.90. The molecule has 2 N–H and O–H groups in total. The summed E-state index contributed by atoms with van der Waals surface area (Å²) in [4.78, 5) is -0.247. The molecule has 1 rings (SSSR count). The first kappa shape index (κ1) is 14.0. The third kappa shape index (κ3) is 3.43. The third-order valence-corrected chi connectivity index (χ3v) is 3.21. The van der Waals surface area contributed by atoms with Gasteiger partial charge in [0, 0.05) is 12.5 Å². The Labute approximate surface area is 96.3 Å². The van der Waals surface area contributed by atoms with E-state index in [-0.39, 0.29) is 17.9 Å². The average molecular weight is 271 g/mol. The fraction of sp³-hybridized carbons (Fsp3) is 0.625. The predicted octanol–water partition coefficient (Wildman–Crippen LogP) is 0.739. The number of nitrogens with two attached hydrogens (primary N) is 1. The molecule has 0 bridgehead atoms. The highest BCUT2D eigenvalue weighted by atomic mass is 32.2. The van der Waals surface area contributed by atoms with Gasteiger partial charge in [0.25, 0.3) is 0 Å². The molecule has 0 aromatic carbocycles. The summed E-state index contributed by atoms with van der Waals surface area (Å²) in [7, 11) is -3.56. The zero-order valence-electron chi connectivity index (χ0n) is 8.98. The van der Waals surface area contributed by atoms with Crippen molar-refractivity contribution in [2.24, 2.45) is 5.73 Å². The number of halogens is 3. The highest BCUT2D eigenvalue weighted by Crippen LogP contribution is 2.32. The van der Waals surface area contributed by atoms with E-state index >= 15 is 0 Å². The minimum Gasteiger partial charge on any atom is -0.330 e. The van der Waals surface area contributed by atoms with Crippen molar-refractivity contribution >= 4 is 9.84 Å². The summed E-state index contributed by atoms with van der Waals surface area (Å²) in [5.74, 6) is 0. The number of hydrogen-bond donors (Lipinski definition) is 1. The van der Waals surface area contributed by atoms with Crippen LogP contribution in [0, 0.1) is 0 Å². The molecular formula is C8H12F3N3O2S. The normalized spacial score (nSPS) is 14.9. The van der Waals surface area contributed by atoms with Crippen LogP contribution in [0.3, 0.4) is 0 Å². The summed E-state index contributed by atoms with van der Waals surface area (Å²) in [6.07, 6.45) is -2.21. The highest BCUT2D eigenvalue weighted by Gasteiger charge is 2.41. The Kier molecular flexibility index (Phi) is 3.82. The van der Waals surface area contributed by atoms with Crippen molar-refractivity contribution in [3.63, 3.8) is 0 Å². The van der Waals surface area contributed by atoms with E-state index < -0.39 is 22.1 Å². The van der Waals surface area contributed by atoms with Gasteiger partial charge in [-0.25, -0.2) is 8.42 Å². The molecule has 1 aromatic heterocycles. The first-order valence-corrected chi connectivity index (χ1v) is 6.56. The maximum absolute atomic E-state index is 12.6. The molecule has 9 heteroatoms. The second-order valence-electron chi connectivity index (χ2n) is 3.56. The van der Waals surface area contributed by atoms with Crippen LogP contribution >= 0.6 is 0 Å². The molecule has 0 aliphatic carbocycles. The van der Waals surface area contributed by atoms with Crippen LogP contribution in [0.15, 0.2) is 17.3 Å². The van der Waals surface area contributed by atoms with E-state index in [1.54, 1.807) is 0 Å². The van der Waals surface area contributed by atoms with Crippen LogP contribution in [0.4, 0.5) is 13.2 Å². The molecule has 1 aromatic rings. The van der Waals surface area contributed by atoms with E-state index in [9.17, 15) is 21.6 Å². The molecule has 0 amide bonds. The van der Waals surface area contributed by atoms with Gasteiger partial charge in [-0.3, -0.25) is 4.68 Å². The molecule has 0 aliphatic heterocycles. The summed E-state index contributed by atoms with van der Waals surface area (Å²) in [5.41, 5.74) is 5.10. The molecule has 98 valence electrons. The van der Waals surface area contributed by atoms with Gasteiger partial charge in [-0.05, 0) is 13.0 Å². The van der Waals surface area contributed by atoms with Gasteiger partial charge >= 0.3 is 6.18 Å². The maximum Gasteiger partial charge on any atom is 0.410 e. The van der Waals surface area contributed by atoms with Crippen molar-refractivity contribution < 1.29 is 21.6 Å². The maximum atomic E-state index is 12.6. The third-order valence-electron chi connectivity index (χ3n) is 2.14. The molecule has 0 saturated heterocycles. The number of alkyl halides is 3. The van der Waals surface area contributed by atoms with Crippen molar-refractivity contribution in [3.8, 4) is 0 Å². The van der Waals surface area contributed by atoms with E-state index in [0.717, 1.165) is 18.6 Å². The van der Waals surface area contributed by atoms with E-state index in [1.807, 2.05) is 0 Å². The van der Waals surface area contributed by atoms with Gasteiger partial charge in [0.2, 0.25) is 0 Å². The van der Waals surface area contributed by atoms with E-state index in [2.05, 4.69) is 5.10 Å². The Bertz CT molecular complexity index is 480. The zero-order chi connectivity index (χ0) is 13.3. The lowest BCUT2D eigenvalue weighted by Gasteiger charge is -2.19. The first-order valence-electron chi connectivity index (χ1n) is 4.67. The van der Waals surface area contributed by atoms with E-state index in [1.165, 1.54) is 0 Å². The largest absolute Gasteiger partial charge is 0.410 e. The minimum absolute atomic E-state index is 0.168. The SMILES string of the molecule is CS(=O)(=O)c1cnn(C(CCN)C(F)(F)F)c1. The number of rotatable bonds is 4. The monoisotopic (exact) mass is 271 g/mol. The Morgan fingerprint density at radius 3 is 2.47 bits per heavy atom. The fourth-order valence-electron chi connectivity index (χ4n) is 1.29. The lowest BCUT2D eigenvalue weighted by Crippen LogP contribution is -2.29. The van der Waals surface area contributed by atoms with Crippen LogP contribution in [-0.4, -0.2) is 37.2 Å². The molecule has 0 radical (unpaired) electrons. The highest BCUT2D eigenvalue weighted by molar-refractivity contribution is 7.90. The molecule has 0 saturated carbocycles. The molecule has 17 heavy (non-hydrogen) atoms. The summed E-state index contributed by atoms with van der Waals surface area (Å²) in [6.45, 7) is -0.168. The van der Waals surface area contributed by atoms with Crippen molar-refractivity contribution in [2.45, 2.75) is 23.5 Å².